The summed E-state index contributed by atoms with van der Waals surface area (Å²) in [7, 11) is 1.62. The van der Waals surface area contributed by atoms with Crippen molar-refractivity contribution in [2.45, 2.75) is 6.61 Å². The molecule has 0 amide bonds. The van der Waals surface area contributed by atoms with Gasteiger partial charge < -0.3 is 4.74 Å². The average Bonchev–Trinajstić information content (AvgIpc) is 2.68. The summed E-state index contributed by atoms with van der Waals surface area (Å²) in [6.07, 6.45) is 3.44. The fraction of sp³-hybridized carbons (Fsp3) is 0.222. The molecule has 0 atom stereocenters. The molecule has 72 valence electrons. The Morgan fingerprint density at radius 3 is 3.14 bits per heavy atom. The highest BCUT2D eigenvalue weighted by atomic mass is 16.5. The third kappa shape index (κ3) is 1.77. The Kier molecular flexibility index (Phi) is 2.51. The molecule has 2 aromatic rings. The first-order valence-electron chi connectivity index (χ1n) is 4.21. The number of aromatic amines is 1. The van der Waals surface area contributed by atoms with Crippen LogP contribution in [0.15, 0.2) is 24.5 Å². The number of rotatable bonds is 3. The van der Waals surface area contributed by atoms with Gasteiger partial charge in [-0.3, -0.25) is 10.1 Å². The number of aromatic nitrogens is 4. The third-order valence-corrected chi connectivity index (χ3v) is 1.73. The molecule has 0 aliphatic rings. The molecule has 0 spiro atoms. The minimum absolute atomic E-state index is 0.438. The van der Waals surface area contributed by atoms with Gasteiger partial charge in [-0.15, -0.1) is 0 Å². The molecule has 0 aromatic carbocycles. The van der Waals surface area contributed by atoms with Crippen LogP contribution in [0.2, 0.25) is 0 Å². The van der Waals surface area contributed by atoms with E-state index >= 15 is 0 Å². The van der Waals surface area contributed by atoms with Crippen LogP contribution in [0.25, 0.3) is 11.4 Å². The highest BCUT2D eigenvalue weighted by molar-refractivity contribution is 5.52. The molecule has 0 saturated heterocycles. The van der Waals surface area contributed by atoms with Gasteiger partial charge in [0.2, 0.25) is 0 Å². The molecule has 0 fully saturated rings. The van der Waals surface area contributed by atoms with E-state index in [1.807, 2.05) is 12.1 Å². The average molecular weight is 190 g/mol. The van der Waals surface area contributed by atoms with E-state index in [9.17, 15) is 0 Å². The van der Waals surface area contributed by atoms with Crippen LogP contribution in [0.3, 0.4) is 0 Å². The lowest BCUT2D eigenvalue weighted by molar-refractivity contribution is 0.178. The van der Waals surface area contributed by atoms with Crippen molar-refractivity contribution < 1.29 is 4.74 Å². The molecule has 0 aliphatic heterocycles. The molecule has 0 saturated carbocycles. The molecule has 14 heavy (non-hydrogen) atoms. The molecule has 5 heteroatoms. The number of nitrogens with one attached hydrogen (secondary N) is 1. The van der Waals surface area contributed by atoms with Gasteiger partial charge in [0.15, 0.2) is 11.6 Å². The van der Waals surface area contributed by atoms with E-state index in [0.717, 1.165) is 5.56 Å². The van der Waals surface area contributed by atoms with Crippen LogP contribution in [0.1, 0.15) is 5.82 Å². The van der Waals surface area contributed by atoms with Crippen molar-refractivity contribution in [3.63, 3.8) is 0 Å². The number of hydrogen-bond acceptors (Lipinski definition) is 4. The van der Waals surface area contributed by atoms with Gasteiger partial charge in [0.1, 0.15) is 6.61 Å². The molecule has 2 heterocycles. The van der Waals surface area contributed by atoms with E-state index in [1.54, 1.807) is 19.5 Å². The van der Waals surface area contributed by atoms with Crippen molar-refractivity contribution in [3.8, 4) is 11.4 Å². The second-order valence-electron chi connectivity index (χ2n) is 2.78. The lowest BCUT2D eigenvalue weighted by Crippen LogP contribution is -1.89. The fourth-order valence-electron chi connectivity index (χ4n) is 1.12. The van der Waals surface area contributed by atoms with Gasteiger partial charge in [-0.2, -0.15) is 5.10 Å². The largest absolute Gasteiger partial charge is 0.377 e. The third-order valence-electron chi connectivity index (χ3n) is 1.73. The maximum Gasteiger partial charge on any atom is 0.182 e. The Bertz CT molecular complexity index is 398. The second kappa shape index (κ2) is 3.97. The Morgan fingerprint density at radius 2 is 2.43 bits per heavy atom. The number of hydrogen-bond donors (Lipinski definition) is 1. The topological polar surface area (TPSA) is 63.7 Å². The second-order valence-corrected chi connectivity index (χ2v) is 2.78. The molecule has 0 bridgehead atoms. The minimum Gasteiger partial charge on any atom is -0.377 e. The minimum atomic E-state index is 0.438. The van der Waals surface area contributed by atoms with Crippen molar-refractivity contribution in [2.24, 2.45) is 0 Å². The van der Waals surface area contributed by atoms with E-state index in [4.69, 9.17) is 4.74 Å². The predicted octanol–water partition coefficient (Wildman–Crippen LogP) is 1.01. The molecule has 0 radical (unpaired) electrons. The SMILES string of the molecule is COCc1nc(-c2cccnc2)n[nH]1. The first kappa shape index (κ1) is 8.83. The van der Waals surface area contributed by atoms with Crippen LogP contribution >= 0.6 is 0 Å². The van der Waals surface area contributed by atoms with Crippen molar-refractivity contribution in [1.82, 2.24) is 20.2 Å². The van der Waals surface area contributed by atoms with Crippen molar-refractivity contribution in [2.75, 3.05) is 7.11 Å². The molecule has 0 aliphatic carbocycles. The molecule has 0 unspecified atom stereocenters. The molecule has 2 aromatic heterocycles. The van der Waals surface area contributed by atoms with Gasteiger partial charge in [0.05, 0.1) is 0 Å². The zero-order chi connectivity index (χ0) is 9.80. The molecule has 2 rings (SSSR count). The summed E-state index contributed by atoms with van der Waals surface area (Å²) in [6, 6.07) is 3.76. The number of H-pyrrole nitrogens is 1. The van der Waals surface area contributed by atoms with Gasteiger partial charge in [-0.1, -0.05) is 0 Å². The Balaban J connectivity index is 2.25. The number of ether oxygens (including phenoxy) is 1. The van der Waals surface area contributed by atoms with E-state index in [2.05, 4.69) is 20.2 Å². The zero-order valence-corrected chi connectivity index (χ0v) is 7.77. The summed E-state index contributed by atoms with van der Waals surface area (Å²) in [5, 5.41) is 6.84. The first-order valence-corrected chi connectivity index (χ1v) is 4.21. The standard InChI is InChI=1S/C9H10N4O/c1-14-6-8-11-9(13-12-8)7-3-2-4-10-5-7/h2-5H,6H2,1H3,(H,11,12,13). The fourth-order valence-corrected chi connectivity index (χ4v) is 1.12. The van der Waals surface area contributed by atoms with E-state index < -0.39 is 0 Å². The summed E-state index contributed by atoms with van der Waals surface area (Å²) in [4.78, 5) is 8.23. The summed E-state index contributed by atoms with van der Waals surface area (Å²) >= 11 is 0. The quantitative estimate of drug-likeness (QED) is 0.784. The number of pyridine rings is 1. The van der Waals surface area contributed by atoms with Crippen LogP contribution < -0.4 is 0 Å². The lowest BCUT2D eigenvalue weighted by Gasteiger charge is -1.91. The summed E-state index contributed by atoms with van der Waals surface area (Å²) < 4.78 is 4.93. The molecule has 1 N–H and O–H groups in total. The molecular weight excluding hydrogens is 180 g/mol. The smallest absolute Gasteiger partial charge is 0.182 e. The van der Waals surface area contributed by atoms with E-state index in [0.29, 0.717) is 18.3 Å². The number of nitrogens with zero attached hydrogens (tertiary/aromatic N) is 3. The van der Waals surface area contributed by atoms with Crippen molar-refractivity contribution >= 4 is 0 Å². The van der Waals surface area contributed by atoms with E-state index in [1.165, 1.54) is 0 Å². The summed E-state index contributed by atoms with van der Waals surface area (Å²) in [5.41, 5.74) is 0.895. The maximum absolute atomic E-state index is 4.93. The van der Waals surface area contributed by atoms with Crippen LogP contribution in [0.5, 0.6) is 0 Å². The van der Waals surface area contributed by atoms with Crippen molar-refractivity contribution in [3.05, 3.63) is 30.4 Å². The van der Waals surface area contributed by atoms with Gasteiger partial charge in [-0.05, 0) is 12.1 Å². The van der Waals surface area contributed by atoms with Gasteiger partial charge in [0, 0.05) is 25.1 Å². The van der Waals surface area contributed by atoms with Crippen LogP contribution in [-0.2, 0) is 11.3 Å². The number of methoxy groups -OCH3 is 1. The van der Waals surface area contributed by atoms with Crippen LogP contribution in [0.4, 0.5) is 0 Å². The van der Waals surface area contributed by atoms with Gasteiger partial charge in [0.25, 0.3) is 0 Å². The summed E-state index contributed by atoms with van der Waals surface area (Å²) in [5.74, 6) is 1.36. The van der Waals surface area contributed by atoms with Crippen molar-refractivity contribution in [1.29, 1.82) is 0 Å². The summed E-state index contributed by atoms with van der Waals surface area (Å²) in [6.45, 7) is 0.438. The Labute approximate surface area is 81.2 Å². The lowest BCUT2D eigenvalue weighted by atomic mass is 10.3. The molecular formula is C9H10N4O. The van der Waals surface area contributed by atoms with Crippen LogP contribution in [0, 0.1) is 0 Å². The zero-order valence-electron chi connectivity index (χ0n) is 7.77. The Morgan fingerprint density at radius 1 is 1.50 bits per heavy atom. The Hall–Kier alpha value is -1.75. The monoisotopic (exact) mass is 190 g/mol. The highest BCUT2D eigenvalue weighted by Crippen LogP contribution is 2.11. The van der Waals surface area contributed by atoms with Gasteiger partial charge >= 0.3 is 0 Å². The molecule has 5 nitrogen and oxygen atoms in total. The highest BCUT2D eigenvalue weighted by Gasteiger charge is 2.04. The normalized spacial score (nSPS) is 10.4. The predicted molar refractivity (Wildman–Crippen MR) is 50.3 cm³/mol. The van der Waals surface area contributed by atoms with Gasteiger partial charge in [-0.25, -0.2) is 4.98 Å². The maximum atomic E-state index is 4.93. The first-order chi connectivity index (χ1) is 6.90. The van der Waals surface area contributed by atoms with E-state index in [-0.39, 0.29) is 0 Å². The van der Waals surface area contributed by atoms with Crippen LogP contribution in [-0.4, -0.2) is 27.3 Å².